The summed E-state index contributed by atoms with van der Waals surface area (Å²) in [4.78, 5) is 24.3. The van der Waals surface area contributed by atoms with Crippen molar-refractivity contribution < 1.29 is 19.1 Å². The predicted octanol–water partition coefficient (Wildman–Crippen LogP) is 4.20. The molecule has 4 nitrogen and oxygen atoms in total. The Bertz CT molecular complexity index is 582. The van der Waals surface area contributed by atoms with E-state index in [0.717, 1.165) is 19.3 Å². The van der Waals surface area contributed by atoms with Gasteiger partial charge in [-0.1, -0.05) is 13.2 Å². The van der Waals surface area contributed by atoms with E-state index in [-0.39, 0.29) is 12.0 Å². The van der Waals surface area contributed by atoms with Gasteiger partial charge < -0.3 is 9.47 Å². The molecular weight excluding hydrogens is 316 g/mol. The van der Waals surface area contributed by atoms with E-state index in [4.69, 9.17) is 9.47 Å². The zero-order valence-electron chi connectivity index (χ0n) is 15.7. The van der Waals surface area contributed by atoms with Crippen LogP contribution in [0.15, 0.2) is 24.3 Å². The largest absolute Gasteiger partial charge is 0.458 e. The van der Waals surface area contributed by atoms with Gasteiger partial charge >= 0.3 is 11.9 Å². The number of esters is 2. The lowest BCUT2D eigenvalue weighted by molar-refractivity contribution is -0.215. The van der Waals surface area contributed by atoms with Crippen LogP contribution in [0, 0.1) is 23.2 Å². The fraction of sp³-hybridized carbons (Fsp3) is 0.714. The van der Waals surface area contributed by atoms with Crippen LogP contribution in [0.2, 0.25) is 0 Å². The minimum absolute atomic E-state index is 0.0872. The summed E-state index contributed by atoms with van der Waals surface area (Å²) in [7, 11) is 0. The lowest BCUT2D eigenvalue weighted by atomic mass is 9.45. The molecule has 1 unspecified atom stereocenters. The Hall–Kier alpha value is -1.58. The summed E-state index contributed by atoms with van der Waals surface area (Å²) in [5.41, 5.74) is -0.173. The molecule has 0 radical (unpaired) electrons. The Morgan fingerprint density at radius 3 is 1.80 bits per heavy atom. The van der Waals surface area contributed by atoms with Crippen molar-refractivity contribution in [2.24, 2.45) is 23.2 Å². The molecule has 4 bridgehead atoms. The van der Waals surface area contributed by atoms with Crippen LogP contribution in [0.3, 0.4) is 0 Å². The fourth-order valence-corrected chi connectivity index (χ4v) is 5.67. The highest BCUT2D eigenvalue weighted by Gasteiger charge is 2.61. The molecule has 0 spiro atoms. The normalized spacial score (nSPS) is 34.9. The average Bonchev–Trinajstić information content (AvgIpc) is 2.50. The van der Waals surface area contributed by atoms with E-state index in [2.05, 4.69) is 13.2 Å². The van der Waals surface area contributed by atoms with Gasteiger partial charge in [0, 0.05) is 16.6 Å². The molecule has 0 heterocycles. The summed E-state index contributed by atoms with van der Waals surface area (Å²) in [6.45, 7) is 12.7. The molecule has 0 aromatic heterocycles. The van der Waals surface area contributed by atoms with Gasteiger partial charge in [0.25, 0.3) is 0 Å². The Balaban J connectivity index is 1.87. The molecule has 138 valence electrons. The highest BCUT2D eigenvalue weighted by atomic mass is 16.6. The first-order valence-corrected chi connectivity index (χ1v) is 9.35. The number of ether oxygens (including phenoxy) is 2. The molecule has 0 aliphatic heterocycles. The molecule has 4 fully saturated rings. The first kappa shape index (κ1) is 18.2. The first-order chi connectivity index (χ1) is 11.6. The van der Waals surface area contributed by atoms with Gasteiger partial charge in [0.15, 0.2) is 0 Å². The molecule has 4 aliphatic carbocycles. The second kappa shape index (κ2) is 6.30. The SMILES string of the molecule is C=C(C)C(=O)OCC(C)(OC(=O)C(=C)C)C12CC3CC(CC(C3)C1)C2. The van der Waals surface area contributed by atoms with Crippen molar-refractivity contribution in [1.82, 2.24) is 0 Å². The zero-order chi connectivity index (χ0) is 18.4. The Kier molecular flexibility index (Phi) is 4.59. The van der Waals surface area contributed by atoms with E-state index in [0.29, 0.717) is 28.9 Å². The fourth-order valence-electron chi connectivity index (χ4n) is 5.67. The van der Waals surface area contributed by atoms with Gasteiger partial charge in [-0.05, 0) is 77.0 Å². The lowest BCUT2D eigenvalue weighted by Crippen LogP contribution is -2.60. The molecule has 4 rings (SSSR count). The van der Waals surface area contributed by atoms with Crippen LogP contribution in [0.25, 0.3) is 0 Å². The van der Waals surface area contributed by atoms with Crippen LogP contribution in [0.1, 0.15) is 59.3 Å². The minimum Gasteiger partial charge on any atom is -0.458 e. The van der Waals surface area contributed by atoms with Crippen molar-refractivity contribution in [2.75, 3.05) is 6.61 Å². The third-order valence-corrected chi connectivity index (χ3v) is 6.65. The van der Waals surface area contributed by atoms with E-state index in [1.165, 1.54) is 19.3 Å². The summed E-state index contributed by atoms with van der Waals surface area (Å²) in [5.74, 6) is 1.31. The standard InChI is InChI=1S/C21H30O4/c1-13(2)18(22)24-12-20(5,25-19(23)14(3)4)21-9-15-6-16(10-21)8-17(7-15)11-21/h15-17H,1,3,6-12H2,2,4-5H3. The van der Waals surface area contributed by atoms with Gasteiger partial charge in [0.2, 0.25) is 0 Å². The van der Waals surface area contributed by atoms with Crippen LogP contribution >= 0.6 is 0 Å². The quantitative estimate of drug-likeness (QED) is 0.534. The Labute approximate surface area is 150 Å². The highest BCUT2D eigenvalue weighted by Crippen LogP contribution is 2.64. The van der Waals surface area contributed by atoms with Gasteiger partial charge in [-0.3, -0.25) is 0 Å². The van der Waals surface area contributed by atoms with Crippen molar-refractivity contribution in [3.05, 3.63) is 24.3 Å². The van der Waals surface area contributed by atoms with E-state index in [1.54, 1.807) is 13.8 Å². The van der Waals surface area contributed by atoms with Gasteiger partial charge in [-0.15, -0.1) is 0 Å². The molecule has 0 aromatic carbocycles. The van der Waals surface area contributed by atoms with Crippen LogP contribution in [0.4, 0.5) is 0 Å². The van der Waals surface area contributed by atoms with Gasteiger partial charge in [0.05, 0.1) is 0 Å². The van der Waals surface area contributed by atoms with E-state index >= 15 is 0 Å². The lowest BCUT2D eigenvalue weighted by Gasteiger charge is -2.61. The molecule has 4 aliphatic rings. The summed E-state index contributed by atoms with van der Waals surface area (Å²) < 4.78 is 11.5. The van der Waals surface area contributed by atoms with Crippen molar-refractivity contribution >= 4 is 11.9 Å². The Morgan fingerprint density at radius 2 is 1.40 bits per heavy atom. The number of carbonyl (C=O) groups excluding carboxylic acids is 2. The van der Waals surface area contributed by atoms with Crippen molar-refractivity contribution in [3.8, 4) is 0 Å². The zero-order valence-corrected chi connectivity index (χ0v) is 15.7. The maximum atomic E-state index is 12.4. The predicted molar refractivity (Wildman–Crippen MR) is 95.7 cm³/mol. The summed E-state index contributed by atoms with van der Waals surface area (Å²) in [5, 5.41) is 0. The van der Waals surface area contributed by atoms with Crippen LogP contribution in [-0.2, 0) is 19.1 Å². The summed E-state index contributed by atoms with van der Waals surface area (Å²) in [6, 6.07) is 0. The van der Waals surface area contributed by atoms with Crippen LogP contribution < -0.4 is 0 Å². The number of rotatable bonds is 6. The first-order valence-electron chi connectivity index (χ1n) is 9.35. The van der Waals surface area contributed by atoms with Crippen molar-refractivity contribution in [1.29, 1.82) is 0 Å². The Morgan fingerprint density at radius 1 is 0.960 bits per heavy atom. The molecule has 0 aromatic rings. The van der Waals surface area contributed by atoms with E-state index in [1.807, 2.05) is 6.92 Å². The molecule has 25 heavy (non-hydrogen) atoms. The van der Waals surface area contributed by atoms with Crippen LogP contribution in [-0.4, -0.2) is 24.1 Å². The summed E-state index contributed by atoms with van der Waals surface area (Å²) >= 11 is 0. The maximum Gasteiger partial charge on any atom is 0.333 e. The highest BCUT2D eigenvalue weighted by molar-refractivity contribution is 5.88. The average molecular weight is 346 g/mol. The smallest absolute Gasteiger partial charge is 0.333 e. The van der Waals surface area contributed by atoms with Gasteiger partial charge in [-0.2, -0.15) is 0 Å². The number of carbonyl (C=O) groups is 2. The third-order valence-electron chi connectivity index (χ3n) is 6.65. The molecule has 0 amide bonds. The number of hydrogen-bond donors (Lipinski definition) is 0. The van der Waals surface area contributed by atoms with E-state index in [9.17, 15) is 9.59 Å². The molecular formula is C21H30O4. The monoisotopic (exact) mass is 346 g/mol. The summed E-state index contributed by atoms with van der Waals surface area (Å²) in [6.07, 6.45) is 7.08. The topological polar surface area (TPSA) is 52.6 Å². The molecule has 0 saturated heterocycles. The van der Waals surface area contributed by atoms with Gasteiger partial charge in [-0.25, -0.2) is 9.59 Å². The maximum absolute atomic E-state index is 12.4. The molecule has 1 atom stereocenters. The van der Waals surface area contributed by atoms with Crippen molar-refractivity contribution in [2.45, 2.75) is 64.9 Å². The minimum atomic E-state index is -0.815. The molecule has 4 saturated carbocycles. The van der Waals surface area contributed by atoms with Gasteiger partial charge in [0.1, 0.15) is 12.2 Å². The van der Waals surface area contributed by atoms with Crippen molar-refractivity contribution in [3.63, 3.8) is 0 Å². The van der Waals surface area contributed by atoms with E-state index < -0.39 is 17.5 Å². The third kappa shape index (κ3) is 3.28. The second-order valence-corrected chi connectivity index (χ2v) is 8.96. The van der Waals surface area contributed by atoms with Crippen LogP contribution in [0.5, 0.6) is 0 Å². The second-order valence-electron chi connectivity index (χ2n) is 8.96. The molecule has 0 N–H and O–H groups in total. The molecule has 4 heteroatoms. The number of hydrogen-bond acceptors (Lipinski definition) is 4.